The van der Waals surface area contributed by atoms with E-state index in [1.165, 1.54) is 0 Å². The lowest BCUT2D eigenvalue weighted by molar-refractivity contribution is -0.141. The van der Waals surface area contributed by atoms with E-state index >= 15 is 0 Å². The summed E-state index contributed by atoms with van der Waals surface area (Å²) in [5.41, 5.74) is 0.274. The van der Waals surface area contributed by atoms with Crippen molar-refractivity contribution in [3.05, 3.63) is 63.1 Å². The molecule has 1 aliphatic heterocycles. The van der Waals surface area contributed by atoms with Crippen LogP contribution in [0.4, 0.5) is 18.9 Å². The molecule has 3 N–H and O–H groups in total. The first-order valence-electron chi connectivity index (χ1n) is 9.17. The van der Waals surface area contributed by atoms with Crippen molar-refractivity contribution >= 4 is 11.6 Å². The number of alkyl halides is 3. The normalized spacial score (nSPS) is 18.9. The molecule has 2 aromatic rings. The molecule has 2 atom stereocenters. The van der Waals surface area contributed by atoms with Crippen molar-refractivity contribution in [3.8, 4) is 0 Å². The highest BCUT2D eigenvalue weighted by molar-refractivity contribution is 5.94. The van der Waals surface area contributed by atoms with Crippen LogP contribution < -0.4 is 16.2 Å². The van der Waals surface area contributed by atoms with Gasteiger partial charge in [-0.05, 0) is 43.5 Å². The fourth-order valence-corrected chi connectivity index (χ4v) is 3.52. The molecule has 1 unspecified atom stereocenters. The summed E-state index contributed by atoms with van der Waals surface area (Å²) in [5, 5.41) is 6.29. The minimum atomic E-state index is -4.67. The number of carbonyl (C=O) groups is 1. The van der Waals surface area contributed by atoms with E-state index in [-0.39, 0.29) is 17.6 Å². The van der Waals surface area contributed by atoms with Crippen molar-refractivity contribution in [2.75, 3.05) is 5.32 Å². The second-order valence-corrected chi connectivity index (χ2v) is 7.09. The number of H-pyrrole nitrogens is 1. The fraction of sp³-hybridized carbons (Fsp3) is 0.400. The Labute approximate surface area is 160 Å². The summed E-state index contributed by atoms with van der Waals surface area (Å²) in [4.78, 5) is 26.4. The summed E-state index contributed by atoms with van der Waals surface area (Å²) >= 11 is 0. The largest absolute Gasteiger partial charge is 0.431 e. The predicted octanol–water partition coefficient (Wildman–Crippen LogP) is 4.16. The molecule has 1 aromatic carbocycles. The quantitative estimate of drug-likeness (QED) is 0.730. The standard InChI is InChI=1S/C20H22F3N3O2/c1-3-4-12-10-16(14-9-11(2)5-7-15(14)24-12)25-18(27)13-6-8-17(20(21,22)23)26-19(13)28/h5-9,12,16,24H,3-4,10H2,1-2H3,(H,25,27)(H,26,28)/t12?,16-/m1/s1. The van der Waals surface area contributed by atoms with Gasteiger partial charge in [-0.15, -0.1) is 0 Å². The Morgan fingerprint density at radius 1 is 1.25 bits per heavy atom. The van der Waals surface area contributed by atoms with Crippen LogP contribution in [0.1, 0.15) is 59.4 Å². The smallest absolute Gasteiger partial charge is 0.382 e. The van der Waals surface area contributed by atoms with E-state index < -0.39 is 23.3 Å². The highest BCUT2D eigenvalue weighted by atomic mass is 19.4. The van der Waals surface area contributed by atoms with Gasteiger partial charge in [0.05, 0.1) is 6.04 Å². The molecule has 0 radical (unpaired) electrons. The molecule has 1 aliphatic rings. The van der Waals surface area contributed by atoms with Gasteiger partial charge >= 0.3 is 6.18 Å². The van der Waals surface area contributed by atoms with Gasteiger partial charge in [0, 0.05) is 11.7 Å². The number of aromatic nitrogens is 1. The maximum Gasteiger partial charge on any atom is 0.431 e. The molecule has 2 heterocycles. The third-order valence-electron chi connectivity index (χ3n) is 4.86. The Bertz CT molecular complexity index is 937. The van der Waals surface area contributed by atoms with Gasteiger partial charge in [0.25, 0.3) is 11.5 Å². The SMILES string of the molecule is CCCC1C[C@@H](NC(=O)c2ccc(C(F)(F)F)[nH]c2=O)c2cc(C)ccc2N1. The second kappa shape index (κ2) is 7.69. The Morgan fingerprint density at radius 3 is 2.64 bits per heavy atom. The zero-order chi connectivity index (χ0) is 20.5. The maximum atomic E-state index is 12.7. The summed E-state index contributed by atoms with van der Waals surface area (Å²) in [6, 6.07) is 7.34. The van der Waals surface area contributed by atoms with Crippen LogP contribution in [-0.2, 0) is 6.18 Å². The molecule has 0 saturated carbocycles. The lowest BCUT2D eigenvalue weighted by Gasteiger charge is -2.34. The molecular formula is C20H22F3N3O2. The number of pyridine rings is 1. The molecular weight excluding hydrogens is 371 g/mol. The first-order valence-corrected chi connectivity index (χ1v) is 9.17. The zero-order valence-corrected chi connectivity index (χ0v) is 15.6. The van der Waals surface area contributed by atoms with E-state index in [9.17, 15) is 22.8 Å². The number of nitrogens with one attached hydrogen (secondary N) is 3. The topological polar surface area (TPSA) is 74.0 Å². The van der Waals surface area contributed by atoms with Crippen LogP contribution in [0.15, 0.2) is 35.1 Å². The van der Waals surface area contributed by atoms with Crippen molar-refractivity contribution in [2.45, 2.75) is 51.4 Å². The third-order valence-corrected chi connectivity index (χ3v) is 4.86. The first kappa shape index (κ1) is 20.0. The number of halogens is 3. The van der Waals surface area contributed by atoms with Crippen molar-refractivity contribution in [1.82, 2.24) is 10.3 Å². The first-order chi connectivity index (χ1) is 13.2. The number of aryl methyl sites for hydroxylation is 1. The number of rotatable bonds is 4. The number of aromatic amines is 1. The summed E-state index contributed by atoms with van der Waals surface area (Å²) < 4.78 is 38.1. The van der Waals surface area contributed by atoms with Gasteiger partial charge in [-0.2, -0.15) is 13.2 Å². The van der Waals surface area contributed by atoms with E-state index in [1.807, 2.05) is 25.1 Å². The van der Waals surface area contributed by atoms with Gasteiger partial charge in [0.15, 0.2) is 0 Å². The van der Waals surface area contributed by atoms with Gasteiger partial charge in [0.1, 0.15) is 11.3 Å². The molecule has 0 spiro atoms. The molecule has 3 rings (SSSR count). The van der Waals surface area contributed by atoms with Crippen LogP contribution in [0.5, 0.6) is 0 Å². The van der Waals surface area contributed by atoms with Crippen LogP contribution in [0, 0.1) is 6.92 Å². The van der Waals surface area contributed by atoms with Crippen LogP contribution in [-0.4, -0.2) is 16.9 Å². The van der Waals surface area contributed by atoms with Crippen LogP contribution in [0.2, 0.25) is 0 Å². The Kier molecular flexibility index (Phi) is 5.49. The summed E-state index contributed by atoms with van der Waals surface area (Å²) in [7, 11) is 0. The molecule has 0 bridgehead atoms. The predicted molar refractivity (Wildman–Crippen MR) is 100 cm³/mol. The molecule has 0 fully saturated rings. The van der Waals surface area contributed by atoms with Crippen molar-refractivity contribution in [2.24, 2.45) is 0 Å². The van der Waals surface area contributed by atoms with Crippen LogP contribution >= 0.6 is 0 Å². The van der Waals surface area contributed by atoms with Gasteiger partial charge in [0.2, 0.25) is 0 Å². The number of fused-ring (bicyclic) bond motifs is 1. The highest BCUT2D eigenvalue weighted by Crippen LogP contribution is 2.34. The Balaban J connectivity index is 1.87. The number of carbonyl (C=O) groups excluding carboxylic acids is 1. The van der Waals surface area contributed by atoms with Crippen LogP contribution in [0.25, 0.3) is 0 Å². The minimum absolute atomic E-state index is 0.163. The van der Waals surface area contributed by atoms with E-state index in [1.54, 1.807) is 4.98 Å². The van der Waals surface area contributed by atoms with Crippen LogP contribution in [0.3, 0.4) is 0 Å². The molecule has 1 aromatic heterocycles. The van der Waals surface area contributed by atoms with Crippen molar-refractivity contribution < 1.29 is 18.0 Å². The number of benzene rings is 1. The van der Waals surface area contributed by atoms with E-state index in [4.69, 9.17) is 0 Å². The Hall–Kier alpha value is -2.77. The molecule has 0 aliphatic carbocycles. The monoisotopic (exact) mass is 393 g/mol. The van der Waals surface area contributed by atoms with Crippen molar-refractivity contribution in [3.63, 3.8) is 0 Å². The van der Waals surface area contributed by atoms with E-state index in [0.29, 0.717) is 12.5 Å². The second-order valence-electron chi connectivity index (χ2n) is 7.09. The van der Waals surface area contributed by atoms with Gasteiger partial charge in [-0.3, -0.25) is 9.59 Å². The fourth-order valence-electron chi connectivity index (χ4n) is 3.52. The molecule has 150 valence electrons. The van der Waals surface area contributed by atoms with Gasteiger partial charge in [-0.25, -0.2) is 0 Å². The van der Waals surface area contributed by atoms with E-state index in [2.05, 4.69) is 17.6 Å². The average molecular weight is 393 g/mol. The summed E-state index contributed by atoms with van der Waals surface area (Å²) in [5.74, 6) is -0.690. The summed E-state index contributed by atoms with van der Waals surface area (Å²) in [6.45, 7) is 4.01. The summed E-state index contributed by atoms with van der Waals surface area (Å²) in [6.07, 6.45) is -2.15. The lowest BCUT2D eigenvalue weighted by Crippen LogP contribution is -2.39. The average Bonchev–Trinajstić information content (AvgIpc) is 2.61. The number of anilines is 1. The number of hydrogen-bond acceptors (Lipinski definition) is 3. The molecule has 8 heteroatoms. The molecule has 28 heavy (non-hydrogen) atoms. The highest BCUT2D eigenvalue weighted by Gasteiger charge is 2.33. The number of hydrogen-bond donors (Lipinski definition) is 3. The number of amides is 1. The minimum Gasteiger partial charge on any atom is -0.382 e. The Morgan fingerprint density at radius 2 is 2.00 bits per heavy atom. The molecule has 1 amide bonds. The van der Waals surface area contributed by atoms with Gasteiger partial charge < -0.3 is 15.6 Å². The molecule has 5 nitrogen and oxygen atoms in total. The zero-order valence-electron chi connectivity index (χ0n) is 15.6. The van der Waals surface area contributed by atoms with Crippen molar-refractivity contribution in [1.29, 1.82) is 0 Å². The maximum absolute atomic E-state index is 12.7. The lowest BCUT2D eigenvalue weighted by atomic mass is 9.89. The third kappa shape index (κ3) is 4.21. The van der Waals surface area contributed by atoms with Gasteiger partial charge in [-0.1, -0.05) is 31.0 Å². The van der Waals surface area contributed by atoms with E-state index in [0.717, 1.165) is 35.7 Å². The molecule has 0 saturated heterocycles.